The number of benzene rings is 1. The molecule has 0 aliphatic carbocycles. The summed E-state index contributed by atoms with van der Waals surface area (Å²) in [7, 11) is 0. The molecular formula is C24H27FN6O. The highest BCUT2D eigenvalue weighted by atomic mass is 19.1. The Morgan fingerprint density at radius 2 is 2.16 bits per heavy atom. The smallest absolute Gasteiger partial charge is 0.177 e. The third kappa shape index (κ3) is 3.68. The van der Waals surface area contributed by atoms with Gasteiger partial charge < -0.3 is 15.0 Å². The molecule has 2 aliphatic rings. The van der Waals surface area contributed by atoms with E-state index >= 15 is 4.39 Å². The summed E-state index contributed by atoms with van der Waals surface area (Å²) < 4.78 is 17.1. The lowest BCUT2D eigenvalue weighted by Gasteiger charge is -2.51. The van der Waals surface area contributed by atoms with Crippen LogP contribution in [0.1, 0.15) is 38.9 Å². The van der Waals surface area contributed by atoms with Crippen LogP contribution >= 0.6 is 0 Å². The zero-order chi connectivity index (χ0) is 22.5. The molecule has 7 nitrogen and oxygen atoms in total. The second-order valence-corrected chi connectivity index (χ2v) is 9.48. The summed E-state index contributed by atoms with van der Waals surface area (Å²) in [5.74, 6) is 0.585. The van der Waals surface area contributed by atoms with Crippen molar-refractivity contribution in [1.29, 1.82) is 0 Å². The molecule has 5 atom stereocenters. The van der Waals surface area contributed by atoms with Gasteiger partial charge >= 0.3 is 0 Å². The molecule has 0 radical (unpaired) electrons. The first-order valence-corrected chi connectivity index (χ1v) is 11.0. The van der Waals surface area contributed by atoms with Crippen LogP contribution in [-0.2, 0) is 0 Å². The van der Waals surface area contributed by atoms with E-state index in [1.807, 2.05) is 6.07 Å². The van der Waals surface area contributed by atoms with Crippen LogP contribution < -0.4 is 5.32 Å². The van der Waals surface area contributed by atoms with Crippen LogP contribution in [-0.4, -0.2) is 47.6 Å². The number of nitrogens with zero attached hydrogens (tertiary/aromatic N) is 5. The summed E-state index contributed by atoms with van der Waals surface area (Å²) in [6, 6.07) is 5.08. The van der Waals surface area contributed by atoms with Gasteiger partial charge in [-0.15, -0.1) is 10.2 Å². The van der Waals surface area contributed by atoms with Crippen molar-refractivity contribution in [3.8, 4) is 22.7 Å². The molecule has 2 N–H and O–H groups in total. The number of nitrogens with one attached hydrogen (secondary N) is 1. The lowest BCUT2D eigenvalue weighted by atomic mass is 9.67. The van der Waals surface area contributed by atoms with Crippen molar-refractivity contribution >= 4 is 5.57 Å². The van der Waals surface area contributed by atoms with Gasteiger partial charge in [-0.2, -0.15) is 0 Å². The van der Waals surface area contributed by atoms with Gasteiger partial charge in [-0.05, 0) is 49.8 Å². The fourth-order valence-corrected chi connectivity index (χ4v) is 5.42. The van der Waals surface area contributed by atoms with Gasteiger partial charge in [0.1, 0.15) is 17.6 Å². The van der Waals surface area contributed by atoms with Crippen LogP contribution in [0, 0.1) is 11.8 Å². The molecule has 2 aromatic heterocycles. The molecule has 3 aromatic rings. The van der Waals surface area contributed by atoms with Crippen LogP contribution in [0.15, 0.2) is 49.7 Å². The van der Waals surface area contributed by atoms with Crippen molar-refractivity contribution in [1.82, 2.24) is 30.0 Å². The van der Waals surface area contributed by atoms with E-state index < -0.39 is 6.17 Å². The first kappa shape index (κ1) is 20.8. The first-order chi connectivity index (χ1) is 15.3. The van der Waals surface area contributed by atoms with E-state index in [1.54, 1.807) is 41.6 Å². The van der Waals surface area contributed by atoms with E-state index in [2.05, 4.69) is 45.9 Å². The van der Waals surface area contributed by atoms with E-state index in [9.17, 15) is 5.11 Å². The minimum absolute atomic E-state index is 0.0657. The maximum absolute atomic E-state index is 15.3. The number of rotatable bonds is 4. The van der Waals surface area contributed by atoms with E-state index in [0.29, 0.717) is 35.0 Å². The molecule has 1 unspecified atom stereocenters. The number of phenols is 1. The lowest BCUT2D eigenvalue weighted by molar-refractivity contribution is 0.0312. The largest absolute Gasteiger partial charge is 0.507 e. The molecule has 1 aromatic carbocycles. The van der Waals surface area contributed by atoms with Crippen molar-refractivity contribution in [2.45, 2.75) is 50.9 Å². The van der Waals surface area contributed by atoms with Crippen LogP contribution in [0.2, 0.25) is 0 Å². The van der Waals surface area contributed by atoms with Gasteiger partial charge in [0, 0.05) is 41.5 Å². The van der Waals surface area contributed by atoms with Crippen LogP contribution in [0.3, 0.4) is 0 Å². The van der Waals surface area contributed by atoms with Crippen molar-refractivity contribution in [3.63, 3.8) is 0 Å². The average molecular weight is 435 g/mol. The third-order valence-corrected chi connectivity index (χ3v) is 6.78. The number of hydrogen-bond acceptors (Lipinski definition) is 6. The van der Waals surface area contributed by atoms with Crippen LogP contribution in [0.4, 0.5) is 4.39 Å². The number of aromatic hydroxyl groups is 1. The number of halogens is 1. The van der Waals surface area contributed by atoms with Gasteiger partial charge in [0.15, 0.2) is 5.82 Å². The standard InChI is InChI=1S/C24H27FN6O/c1-14-8-19-22(25)18(11-24(3,10-14)28-19)15(2)23-27-12-20(29-30-23)17-5-4-16(9-21(17)32)31-7-6-26-13-31/h4-7,9,12-14,18-19,22,28,32H,2,8,10-11H2,1,3H3/t14?,18-,19-,22-,24+/m1/s1. The normalized spacial score (nSPS) is 29.6. The molecule has 2 aliphatic heterocycles. The zero-order valence-electron chi connectivity index (χ0n) is 18.2. The molecule has 0 amide bonds. The number of alkyl halides is 1. The van der Waals surface area contributed by atoms with E-state index in [0.717, 1.165) is 18.5 Å². The van der Waals surface area contributed by atoms with Crippen LogP contribution in [0.5, 0.6) is 5.75 Å². The Hall–Kier alpha value is -3.13. The van der Waals surface area contributed by atoms with Gasteiger partial charge in [-0.1, -0.05) is 13.5 Å². The van der Waals surface area contributed by atoms with Crippen molar-refractivity contribution in [2.75, 3.05) is 0 Å². The third-order valence-electron chi connectivity index (χ3n) is 6.78. The second-order valence-electron chi connectivity index (χ2n) is 9.48. The molecule has 2 fully saturated rings. The minimum Gasteiger partial charge on any atom is -0.507 e. The number of phenolic OH excluding ortho intramolecular Hbond substituents is 1. The molecule has 2 bridgehead atoms. The second kappa shape index (κ2) is 7.78. The van der Waals surface area contributed by atoms with E-state index in [4.69, 9.17) is 0 Å². The fourth-order valence-electron chi connectivity index (χ4n) is 5.42. The molecular weight excluding hydrogens is 407 g/mol. The van der Waals surface area contributed by atoms with Crippen molar-refractivity contribution < 1.29 is 9.50 Å². The number of imidazole rings is 1. The fraction of sp³-hybridized carbons (Fsp3) is 0.417. The maximum atomic E-state index is 15.3. The predicted molar refractivity (Wildman–Crippen MR) is 120 cm³/mol. The van der Waals surface area contributed by atoms with Crippen molar-refractivity contribution in [2.24, 2.45) is 11.8 Å². The summed E-state index contributed by atoms with van der Waals surface area (Å²) in [5, 5.41) is 22.5. The lowest BCUT2D eigenvalue weighted by Crippen LogP contribution is -2.63. The Morgan fingerprint density at radius 3 is 2.84 bits per heavy atom. The minimum atomic E-state index is -1.03. The van der Waals surface area contributed by atoms with E-state index in [-0.39, 0.29) is 23.2 Å². The molecule has 32 heavy (non-hydrogen) atoms. The molecule has 0 saturated carbocycles. The number of allylic oxidation sites excluding steroid dienone is 1. The van der Waals surface area contributed by atoms with Gasteiger partial charge in [0.25, 0.3) is 0 Å². The molecule has 5 rings (SSSR count). The Bertz CT molecular complexity index is 1130. The Morgan fingerprint density at radius 1 is 1.31 bits per heavy atom. The van der Waals surface area contributed by atoms with Gasteiger partial charge in [-0.25, -0.2) is 14.4 Å². The number of aromatic nitrogens is 5. The molecule has 4 heterocycles. The molecule has 0 spiro atoms. The Kier molecular flexibility index (Phi) is 5.04. The topological polar surface area (TPSA) is 88.8 Å². The highest BCUT2D eigenvalue weighted by Gasteiger charge is 2.48. The summed E-state index contributed by atoms with van der Waals surface area (Å²) in [6.07, 6.45) is 8.16. The Balaban J connectivity index is 1.36. The van der Waals surface area contributed by atoms with Crippen LogP contribution in [0.25, 0.3) is 22.5 Å². The summed E-state index contributed by atoms with van der Waals surface area (Å²) in [6.45, 7) is 8.50. The number of hydrogen-bond donors (Lipinski definition) is 2. The molecule has 166 valence electrons. The van der Waals surface area contributed by atoms with Gasteiger partial charge in [0.05, 0.1) is 18.2 Å². The highest BCUT2D eigenvalue weighted by molar-refractivity contribution is 5.68. The van der Waals surface area contributed by atoms with E-state index in [1.165, 1.54) is 0 Å². The quantitative estimate of drug-likeness (QED) is 0.646. The van der Waals surface area contributed by atoms with Gasteiger partial charge in [-0.3, -0.25) is 0 Å². The highest BCUT2D eigenvalue weighted by Crippen LogP contribution is 2.44. The maximum Gasteiger partial charge on any atom is 0.177 e. The van der Waals surface area contributed by atoms with Crippen molar-refractivity contribution in [3.05, 3.63) is 55.5 Å². The summed E-state index contributed by atoms with van der Waals surface area (Å²) in [5.41, 5.74) is 2.23. The number of fused-ring (bicyclic) bond motifs is 2. The Labute approximate surface area is 186 Å². The first-order valence-electron chi connectivity index (χ1n) is 11.0. The number of piperidine rings is 2. The summed E-state index contributed by atoms with van der Waals surface area (Å²) >= 11 is 0. The molecule has 8 heteroatoms. The van der Waals surface area contributed by atoms with Gasteiger partial charge in [0.2, 0.25) is 0 Å². The zero-order valence-corrected chi connectivity index (χ0v) is 18.2. The monoisotopic (exact) mass is 434 g/mol. The molecule has 2 saturated heterocycles. The predicted octanol–water partition coefficient (Wildman–Crippen LogP) is 3.95. The SMILES string of the molecule is C=C(c1ncc(-c2ccc(-n3ccnc3)cc2O)nn1)[C@H]1C[C@]2(C)CC(C)C[C@@H](N2)[C@@H]1F. The average Bonchev–Trinajstić information content (AvgIpc) is 3.30. The summed E-state index contributed by atoms with van der Waals surface area (Å²) in [4.78, 5) is 8.44.